The van der Waals surface area contributed by atoms with Crippen molar-refractivity contribution in [3.05, 3.63) is 34.3 Å². The molecule has 2 nitrogen and oxygen atoms in total. The molecule has 7 heteroatoms. The van der Waals surface area contributed by atoms with Crippen LogP contribution < -0.4 is 5.32 Å². The van der Waals surface area contributed by atoms with Gasteiger partial charge in [0.1, 0.15) is 0 Å². The molecule has 22 heavy (non-hydrogen) atoms. The number of nitrogens with zero attached hydrogens (tertiary/aromatic N) is 1. The van der Waals surface area contributed by atoms with Gasteiger partial charge in [0.05, 0.1) is 0 Å². The molecule has 1 aromatic rings. The van der Waals surface area contributed by atoms with E-state index in [1.54, 1.807) is 6.07 Å². The maximum absolute atomic E-state index is 12.6. The lowest BCUT2D eigenvalue weighted by molar-refractivity contribution is -0.138. The fraction of sp³-hybridized carbons (Fsp3) is 0.600. The minimum absolute atomic E-state index is 0. The zero-order valence-electron chi connectivity index (χ0n) is 12.4. The van der Waals surface area contributed by atoms with Crippen molar-refractivity contribution in [2.75, 3.05) is 26.2 Å². The van der Waals surface area contributed by atoms with Crippen LogP contribution in [0.5, 0.6) is 0 Å². The highest BCUT2D eigenvalue weighted by Crippen LogP contribution is 2.33. The van der Waals surface area contributed by atoms with Crippen LogP contribution in [0.15, 0.2) is 18.2 Å². The predicted molar refractivity (Wildman–Crippen MR) is 85.9 cm³/mol. The topological polar surface area (TPSA) is 15.3 Å². The van der Waals surface area contributed by atoms with Gasteiger partial charge in [-0.15, -0.1) is 12.4 Å². The molecule has 0 aliphatic carbocycles. The Labute approximate surface area is 140 Å². The minimum atomic E-state index is -4.12. The van der Waals surface area contributed by atoms with Gasteiger partial charge in [-0.05, 0) is 36.6 Å². The van der Waals surface area contributed by atoms with Crippen molar-refractivity contribution in [3.63, 3.8) is 0 Å². The van der Waals surface area contributed by atoms with Gasteiger partial charge < -0.3 is 5.32 Å². The van der Waals surface area contributed by atoms with Crippen molar-refractivity contribution in [3.8, 4) is 0 Å². The van der Waals surface area contributed by atoms with Crippen molar-refractivity contribution in [1.29, 1.82) is 0 Å². The van der Waals surface area contributed by atoms with Crippen molar-refractivity contribution in [2.24, 2.45) is 0 Å². The molecule has 0 spiro atoms. The second kappa shape index (κ2) is 8.39. The van der Waals surface area contributed by atoms with Crippen LogP contribution in [0.4, 0.5) is 13.2 Å². The SMILES string of the molecule is Cc1cc(Cl)ccc1[C@H](CCC(F)(F)F)N1CCNCC1.Cl. The van der Waals surface area contributed by atoms with Crippen LogP contribution in [-0.2, 0) is 0 Å². The predicted octanol–water partition coefficient (Wildman–Crippen LogP) is 4.36. The molecule has 2 rings (SSSR count). The molecule has 0 radical (unpaired) electrons. The van der Waals surface area contributed by atoms with Gasteiger partial charge in [0.15, 0.2) is 0 Å². The summed E-state index contributed by atoms with van der Waals surface area (Å²) in [4.78, 5) is 2.14. The molecule has 126 valence electrons. The summed E-state index contributed by atoms with van der Waals surface area (Å²) in [5.41, 5.74) is 1.90. The van der Waals surface area contributed by atoms with Gasteiger partial charge in [-0.25, -0.2) is 0 Å². The lowest BCUT2D eigenvalue weighted by atomic mass is 9.95. The standard InChI is InChI=1S/C15H20ClF3N2.ClH/c1-11-10-12(16)2-3-13(11)14(4-5-15(17,18)19)21-8-6-20-7-9-21;/h2-3,10,14,20H,4-9H2,1H3;1H/t14-;/m0./s1. The zero-order chi connectivity index (χ0) is 15.5. The zero-order valence-corrected chi connectivity index (χ0v) is 14.0. The van der Waals surface area contributed by atoms with Crippen molar-refractivity contribution in [2.45, 2.75) is 32.0 Å². The first-order chi connectivity index (χ1) is 9.87. The molecule has 0 aromatic heterocycles. The second-order valence-electron chi connectivity index (χ2n) is 5.46. The molecule has 1 N–H and O–H groups in total. The lowest BCUT2D eigenvalue weighted by Crippen LogP contribution is -2.45. The number of benzene rings is 1. The Morgan fingerprint density at radius 1 is 1.27 bits per heavy atom. The highest BCUT2D eigenvalue weighted by molar-refractivity contribution is 6.30. The number of rotatable bonds is 4. The van der Waals surface area contributed by atoms with E-state index in [1.807, 2.05) is 19.1 Å². The Bertz CT molecular complexity index is 474. The summed E-state index contributed by atoms with van der Waals surface area (Å²) in [5.74, 6) is 0. The van der Waals surface area contributed by atoms with E-state index in [2.05, 4.69) is 10.2 Å². The van der Waals surface area contributed by atoms with Gasteiger partial charge in [0.25, 0.3) is 0 Å². The molecule has 1 aliphatic heterocycles. The van der Waals surface area contributed by atoms with Gasteiger partial charge in [-0.3, -0.25) is 4.90 Å². The van der Waals surface area contributed by atoms with Gasteiger partial charge in [-0.1, -0.05) is 17.7 Å². The van der Waals surface area contributed by atoms with Crippen LogP contribution in [0.3, 0.4) is 0 Å². The summed E-state index contributed by atoms with van der Waals surface area (Å²) in [6.07, 6.45) is -4.79. The van der Waals surface area contributed by atoms with Gasteiger partial charge in [0, 0.05) is 43.7 Å². The van der Waals surface area contributed by atoms with E-state index >= 15 is 0 Å². The van der Waals surface area contributed by atoms with E-state index in [-0.39, 0.29) is 24.9 Å². The summed E-state index contributed by atoms with van der Waals surface area (Å²) >= 11 is 5.95. The number of hydrogen-bond acceptors (Lipinski definition) is 2. The van der Waals surface area contributed by atoms with E-state index in [4.69, 9.17) is 11.6 Å². The maximum atomic E-state index is 12.6. The normalized spacial score (nSPS) is 17.9. The Kier molecular flexibility index (Phi) is 7.46. The monoisotopic (exact) mass is 356 g/mol. The van der Waals surface area contributed by atoms with E-state index in [0.717, 1.165) is 37.3 Å². The molecule has 0 amide bonds. The van der Waals surface area contributed by atoms with Crippen LogP contribution in [0.25, 0.3) is 0 Å². The van der Waals surface area contributed by atoms with E-state index in [0.29, 0.717) is 5.02 Å². The number of aryl methyl sites for hydroxylation is 1. The first-order valence-electron chi connectivity index (χ1n) is 7.14. The first-order valence-corrected chi connectivity index (χ1v) is 7.52. The number of piperazine rings is 1. The summed E-state index contributed by atoms with van der Waals surface area (Å²) in [6, 6.07) is 5.23. The largest absolute Gasteiger partial charge is 0.389 e. The number of halogens is 5. The summed E-state index contributed by atoms with van der Waals surface area (Å²) in [6.45, 7) is 5.07. The van der Waals surface area contributed by atoms with Crippen LogP contribution in [0.1, 0.15) is 30.0 Å². The molecule has 1 fully saturated rings. The first kappa shape index (κ1) is 19.6. The number of hydrogen-bond donors (Lipinski definition) is 1. The van der Waals surface area contributed by atoms with E-state index in [1.165, 1.54) is 0 Å². The van der Waals surface area contributed by atoms with Gasteiger partial charge in [-0.2, -0.15) is 13.2 Å². The molecule has 0 unspecified atom stereocenters. The highest BCUT2D eigenvalue weighted by Gasteiger charge is 2.31. The molecule has 1 saturated heterocycles. The molecule has 0 bridgehead atoms. The third kappa shape index (κ3) is 5.61. The molecule has 1 atom stereocenters. The maximum Gasteiger partial charge on any atom is 0.389 e. The Morgan fingerprint density at radius 3 is 2.45 bits per heavy atom. The van der Waals surface area contributed by atoms with Crippen molar-refractivity contribution < 1.29 is 13.2 Å². The van der Waals surface area contributed by atoms with Gasteiger partial charge >= 0.3 is 6.18 Å². The van der Waals surface area contributed by atoms with Crippen LogP contribution in [0.2, 0.25) is 5.02 Å². The Morgan fingerprint density at radius 2 is 1.91 bits per heavy atom. The molecule has 1 aromatic carbocycles. The van der Waals surface area contributed by atoms with Crippen molar-refractivity contribution >= 4 is 24.0 Å². The minimum Gasteiger partial charge on any atom is -0.314 e. The fourth-order valence-corrected chi connectivity index (χ4v) is 3.07. The summed E-state index contributed by atoms with van der Waals surface area (Å²) in [7, 11) is 0. The molecule has 1 heterocycles. The van der Waals surface area contributed by atoms with E-state index < -0.39 is 12.6 Å². The van der Waals surface area contributed by atoms with E-state index in [9.17, 15) is 13.2 Å². The average Bonchev–Trinajstić information content (AvgIpc) is 2.41. The Hall–Kier alpha value is -0.490. The highest BCUT2D eigenvalue weighted by atomic mass is 35.5. The molecule has 0 saturated carbocycles. The van der Waals surface area contributed by atoms with Crippen LogP contribution in [0, 0.1) is 6.92 Å². The molecular weight excluding hydrogens is 336 g/mol. The summed E-state index contributed by atoms with van der Waals surface area (Å²) < 4.78 is 37.8. The number of alkyl halides is 3. The van der Waals surface area contributed by atoms with Crippen molar-refractivity contribution in [1.82, 2.24) is 10.2 Å². The smallest absolute Gasteiger partial charge is 0.314 e. The third-order valence-corrected chi connectivity index (χ3v) is 4.12. The van der Waals surface area contributed by atoms with Gasteiger partial charge in [0.2, 0.25) is 0 Å². The molecule has 1 aliphatic rings. The lowest BCUT2D eigenvalue weighted by Gasteiger charge is -2.36. The summed E-state index contributed by atoms with van der Waals surface area (Å²) in [5, 5.41) is 3.85. The van der Waals surface area contributed by atoms with Crippen LogP contribution >= 0.6 is 24.0 Å². The number of nitrogens with one attached hydrogen (secondary N) is 1. The molecular formula is C15H21Cl2F3N2. The third-order valence-electron chi connectivity index (χ3n) is 3.88. The average molecular weight is 357 g/mol. The quantitative estimate of drug-likeness (QED) is 0.862. The second-order valence-corrected chi connectivity index (χ2v) is 5.89. The fourth-order valence-electron chi connectivity index (χ4n) is 2.84. The van der Waals surface area contributed by atoms with Crippen LogP contribution in [-0.4, -0.2) is 37.3 Å². The Balaban J connectivity index is 0.00000242.